The molecule has 0 bridgehead atoms. The molecule has 1 aromatic rings. The predicted molar refractivity (Wildman–Crippen MR) is 56.7 cm³/mol. The van der Waals surface area contributed by atoms with Crippen LogP contribution in [-0.4, -0.2) is 18.0 Å². The van der Waals surface area contributed by atoms with Crippen molar-refractivity contribution in [3.8, 4) is 0 Å². The van der Waals surface area contributed by atoms with Gasteiger partial charge >= 0.3 is 0 Å². The highest BCUT2D eigenvalue weighted by Crippen LogP contribution is 2.17. The standard InChI is InChI=1S/C12H16O2/c1-9-6-11(8-14)7-10(2)12(9)4-3-5-13/h6-8,13H,3-5H2,1-2H3. The van der Waals surface area contributed by atoms with Crippen molar-refractivity contribution in [2.24, 2.45) is 0 Å². The van der Waals surface area contributed by atoms with Crippen molar-refractivity contribution in [2.75, 3.05) is 6.61 Å². The molecule has 0 fully saturated rings. The molecule has 0 saturated carbocycles. The zero-order chi connectivity index (χ0) is 10.6. The molecule has 1 N–H and O–H groups in total. The highest BCUT2D eigenvalue weighted by Gasteiger charge is 2.04. The first-order valence-electron chi connectivity index (χ1n) is 4.85. The lowest BCUT2D eigenvalue weighted by Crippen LogP contribution is -1.98. The van der Waals surface area contributed by atoms with E-state index in [4.69, 9.17) is 5.11 Å². The van der Waals surface area contributed by atoms with Crippen molar-refractivity contribution in [3.63, 3.8) is 0 Å². The molecule has 0 heterocycles. The van der Waals surface area contributed by atoms with E-state index in [1.54, 1.807) is 0 Å². The maximum atomic E-state index is 10.6. The van der Waals surface area contributed by atoms with Crippen molar-refractivity contribution >= 4 is 6.29 Å². The van der Waals surface area contributed by atoms with Gasteiger partial charge in [0, 0.05) is 12.2 Å². The third-order valence-corrected chi connectivity index (χ3v) is 2.44. The maximum Gasteiger partial charge on any atom is 0.150 e. The molecule has 0 aromatic heterocycles. The zero-order valence-corrected chi connectivity index (χ0v) is 8.71. The Morgan fingerprint density at radius 2 is 1.86 bits per heavy atom. The Balaban J connectivity index is 2.99. The largest absolute Gasteiger partial charge is 0.396 e. The van der Waals surface area contributed by atoms with Crippen LogP contribution in [0.5, 0.6) is 0 Å². The molecule has 0 atom stereocenters. The number of aliphatic hydroxyl groups excluding tert-OH is 1. The number of aldehydes is 1. The van der Waals surface area contributed by atoms with Gasteiger partial charge in [0.15, 0.2) is 0 Å². The topological polar surface area (TPSA) is 37.3 Å². The second kappa shape index (κ2) is 4.91. The minimum Gasteiger partial charge on any atom is -0.396 e. The van der Waals surface area contributed by atoms with Gasteiger partial charge in [-0.15, -0.1) is 0 Å². The highest BCUT2D eigenvalue weighted by molar-refractivity contribution is 5.76. The van der Waals surface area contributed by atoms with Crippen LogP contribution < -0.4 is 0 Å². The van der Waals surface area contributed by atoms with Gasteiger partial charge < -0.3 is 5.11 Å². The average Bonchev–Trinajstić information content (AvgIpc) is 2.16. The van der Waals surface area contributed by atoms with Crippen molar-refractivity contribution in [1.29, 1.82) is 0 Å². The molecule has 2 nitrogen and oxygen atoms in total. The summed E-state index contributed by atoms with van der Waals surface area (Å²) >= 11 is 0. The molecule has 0 aliphatic heterocycles. The van der Waals surface area contributed by atoms with Gasteiger partial charge in [0.2, 0.25) is 0 Å². The van der Waals surface area contributed by atoms with E-state index < -0.39 is 0 Å². The normalized spacial score (nSPS) is 10.2. The third kappa shape index (κ3) is 2.42. The van der Waals surface area contributed by atoms with Crippen molar-refractivity contribution in [1.82, 2.24) is 0 Å². The summed E-state index contributed by atoms with van der Waals surface area (Å²) in [4.78, 5) is 10.6. The van der Waals surface area contributed by atoms with E-state index in [0.717, 1.165) is 35.8 Å². The zero-order valence-electron chi connectivity index (χ0n) is 8.71. The number of hydrogen-bond acceptors (Lipinski definition) is 2. The van der Waals surface area contributed by atoms with Crippen LogP contribution in [0.25, 0.3) is 0 Å². The number of rotatable bonds is 4. The number of hydrogen-bond donors (Lipinski definition) is 1. The summed E-state index contributed by atoms with van der Waals surface area (Å²) in [6, 6.07) is 3.79. The molecular weight excluding hydrogens is 176 g/mol. The first-order chi connectivity index (χ1) is 6.69. The third-order valence-electron chi connectivity index (χ3n) is 2.44. The van der Waals surface area contributed by atoms with E-state index in [1.165, 1.54) is 5.56 Å². The summed E-state index contributed by atoms with van der Waals surface area (Å²) in [6.45, 7) is 4.23. The quantitative estimate of drug-likeness (QED) is 0.741. The smallest absolute Gasteiger partial charge is 0.150 e. The molecule has 0 aliphatic rings. The van der Waals surface area contributed by atoms with Crippen LogP contribution >= 0.6 is 0 Å². The fraction of sp³-hybridized carbons (Fsp3) is 0.417. The Hall–Kier alpha value is -1.15. The molecule has 0 radical (unpaired) electrons. The number of carbonyl (C=O) groups excluding carboxylic acids is 1. The lowest BCUT2D eigenvalue weighted by molar-refractivity contribution is 0.112. The molecule has 1 aromatic carbocycles. The van der Waals surface area contributed by atoms with Crippen LogP contribution in [0, 0.1) is 13.8 Å². The van der Waals surface area contributed by atoms with Crippen LogP contribution in [0.15, 0.2) is 12.1 Å². The number of aliphatic hydroxyl groups is 1. The van der Waals surface area contributed by atoms with Gasteiger partial charge in [-0.3, -0.25) is 4.79 Å². The van der Waals surface area contributed by atoms with E-state index in [-0.39, 0.29) is 6.61 Å². The number of aryl methyl sites for hydroxylation is 2. The Morgan fingerprint density at radius 3 is 2.29 bits per heavy atom. The SMILES string of the molecule is Cc1cc(C=O)cc(C)c1CCCO. The second-order valence-corrected chi connectivity index (χ2v) is 3.58. The number of benzene rings is 1. The second-order valence-electron chi connectivity index (χ2n) is 3.58. The highest BCUT2D eigenvalue weighted by atomic mass is 16.2. The average molecular weight is 192 g/mol. The van der Waals surface area contributed by atoms with E-state index >= 15 is 0 Å². The van der Waals surface area contributed by atoms with Gasteiger partial charge in [-0.1, -0.05) is 0 Å². The summed E-state index contributed by atoms with van der Waals surface area (Å²) in [5, 5.41) is 8.75. The molecule has 0 saturated heterocycles. The van der Waals surface area contributed by atoms with Gasteiger partial charge in [0.1, 0.15) is 6.29 Å². The predicted octanol–water partition coefficient (Wildman–Crippen LogP) is 2.04. The fourth-order valence-corrected chi connectivity index (χ4v) is 1.75. The molecule has 1 rings (SSSR count). The summed E-state index contributed by atoms with van der Waals surface area (Å²) < 4.78 is 0. The van der Waals surface area contributed by atoms with Crippen LogP contribution in [0.1, 0.15) is 33.5 Å². The lowest BCUT2D eigenvalue weighted by atomic mass is 9.96. The molecule has 0 amide bonds. The van der Waals surface area contributed by atoms with Gasteiger partial charge in [-0.2, -0.15) is 0 Å². The first-order valence-corrected chi connectivity index (χ1v) is 4.85. The monoisotopic (exact) mass is 192 g/mol. The molecule has 14 heavy (non-hydrogen) atoms. The van der Waals surface area contributed by atoms with Crippen molar-refractivity contribution < 1.29 is 9.90 Å². The minimum absolute atomic E-state index is 0.217. The van der Waals surface area contributed by atoms with Crippen LogP contribution in [-0.2, 0) is 6.42 Å². The van der Waals surface area contributed by atoms with Gasteiger partial charge in [-0.25, -0.2) is 0 Å². The Kier molecular flexibility index (Phi) is 3.84. The minimum atomic E-state index is 0.217. The van der Waals surface area contributed by atoms with Gasteiger partial charge in [-0.05, 0) is 55.5 Å². The van der Waals surface area contributed by atoms with Crippen molar-refractivity contribution in [2.45, 2.75) is 26.7 Å². The van der Waals surface area contributed by atoms with E-state index in [0.29, 0.717) is 0 Å². The molecule has 2 heteroatoms. The maximum absolute atomic E-state index is 10.6. The molecule has 0 spiro atoms. The van der Waals surface area contributed by atoms with E-state index in [9.17, 15) is 4.79 Å². The molecule has 0 aliphatic carbocycles. The Morgan fingerprint density at radius 1 is 1.29 bits per heavy atom. The summed E-state index contributed by atoms with van der Waals surface area (Å²) in [5.74, 6) is 0. The Bertz CT molecular complexity index is 306. The lowest BCUT2D eigenvalue weighted by Gasteiger charge is -2.09. The van der Waals surface area contributed by atoms with Crippen LogP contribution in [0.3, 0.4) is 0 Å². The van der Waals surface area contributed by atoms with Crippen LogP contribution in [0.4, 0.5) is 0 Å². The molecular formula is C12H16O2. The summed E-state index contributed by atoms with van der Waals surface area (Å²) in [5.41, 5.74) is 4.26. The van der Waals surface area contributed by atoms with E-state index in [2.05, 4.69) is 0 Å². The van der Waals surface area contributed by atoms with Crippen molar-refractivity contribution in [3.05, 3.63) is 34.4 Å². The van der Waals surface area contributed by atoms with Crippen LogP contribution in [0.2, 0.25) is 0 Å². The summed E-state index contributed by atoms with van der Waals surface area (Å²) in [7, 11) is 0. The van der Waals surface area contributed by atoms with E-state index in [1.807, 2.05) is 26.0 Å². The van der Waals surface area contributed by atoms with Gasteiger partial charge in [0.25, 0.3) is 0 Å². The Labute approximate surface area is 84.6 Å². The summed E-state index contributed by atoms with van der Waals surface area (Å²) in [6.07, 6.45) is 2.53. The fourth-order valence-electron chi connectivity index (χ4n) is 1.75. The van der Waals surface area contributed by atoms with Gasteiger partial charge in [0.05, 0.1) is 0 Å². The number of carbonyl (C=O) groups is 1. The molecule has 0 unspecified atom stereocenters. The molecule has 76 valence electrons. The first kappa shape index (κ1) is 10.9.